The molecular weight excluding hydrogens is 250 g/mol. The Bertz CT molecular complexity index is 418. The molecule has 2 rings (SSSR count). The molecule has 0 radical (unpaired) electrons. The summed E-state index contributed by atoms with van der Waals surface area (Å²) in [6, 6.07) is 7.69. The van der Waals surface area contributed by atoms with Crippen molar-refractivity contribution in [3.8, 4) is 0 Å². The highest BCUT2D eigenvalue weighted by Crippen LogP contribution is 2.26. The molecule has 0 aromatic heterocycles. The van der Waals surface area contributed by atoms with Crippen LogP contribution in [0.5, 0.6) is 0 Å². The maximum absolute atomic E-state index is 12.2. The van der Waals surface area contributed by atoms with E-state index in [9.17, 15) is 4.79 Å². The van der Waals surface area contributed by atoms with Gasteiger partial charge in [-0.3, -0.25) is 9.69 Å². The quantitative estimate of drug-likeness (QED) is 0.712. The van der Waals surface area contributed by atoms with E-state index in [1.807, 2.05) is 12.1 Å². The van der Waals surface area contributed by atoms with Crippen molar-refractivity contribution in [3.05, 3.63) is 34.9 Å². The highest BCUT2D eigenvalue weighted by atomic mass is 35.5. The number of hydrogen-bond acceptors (Lipinski definition) is 3. The zero-order valence-electron chi connectivity index (χ0n) is 10.6. The van der Waals surface area contributed by atoms with Gasteiger partial charge in [0, 0.05) is 30.3 Å². The first-order chi connectivity index (χ1) is 8.70. The van der Waals surface area contributed by atoms with Crippen LogP contribution < -0.4 is 0 Å². The summed E-state index contributed by atoms with van der Waals surface area (Å²) < 4.78 is 5.08. The lowest BCUT2D eigenvalue weighted by Gasteiger charge is -2.20. The lowest BCUT2D eigenvalue weighted by molar-refractivity contribution is 0.0886. The Hall–Kier alpha value is -0.900. The van der Waals surface area contributed by atoms with Crippen molar-refractivity contribution in [1.82, 2.24) is 4.90 Å². The molecule has 1 fully saturated rings. The highest BCUT2D eigenvalue weighted by molar-refractivity contribution is 6.31. The summed E-state index contributed by atoms with van der Waals surface area (Å²) in [6.45, 7) is 1.93. The van der Waals surface area contributed by atoms with E-state index in [2.05, 4.69) is 4.90 Å². The van der Waals surface area contributed by atoms with Crippen molar-refractivity contribution >= 4 is 17.4 Å². The molecule has 1 aliphatic carbocycles. The van der Waals surface area contributed by atoms with Crippen LogP contribution in [0.1, 0.15) is 23.2 Å². The largest absolute Gasteiger partial charge is 0.383 e. The third-order valence-electron chi connectivity index (χ3n) is 3.14. The summed E-state index contributed by atoms with van der Waals surface area (Å²) in [5.41, 5.74) is 0.686. The predicted octanol–water partition coefficient (Wildman–Crippen LogP) is 2.63. The molecule has 0 saturated heterocycles. The second-order valence-corrected chi connectivity index (χ2v) is 5.06. The molecule has 1 saturated carbocycles. The number of ether oxygens (including phenoxy) is 1. The van der Waals surface area contributed by atoms with E-state index in [1.54, 1.807) is 19.2 Å². The van der Waals surface area contributed by atoms with E-state index < -0.39 is 0 Å². The van der Waals surface area contributed by atoms with Crippen LogP contribution in [0.3, 0.4) is 0 Å². The summed E-state index contributed by atoms with van der Waals surface area (Å²) in [5, 5.41) is 0.607. The Balaban J connectivity index is 1.95. The number of carbonyl (C=O) groups is 1. The molecule has 1 aromatic rings. The minimum atomic E-state index is 0.125. The fourth-order valence-corrected chi connectivity index (χ4v) is 2.17. The molecule has 0 heterocycles. The zero-order valence-corrected chi connectivity index (χ0v) is 11.3. The molecule has 0 aliphatic heterocycles. The standard InChI is InChI=1S/C14H18ClNO2/c1-18-8-7-16(13-5-6-13)10-14(17)11-3-2-4-12(15)9-11/h2-4,9,13H,5-8,10H2,1H3. The lowest BCUT2D eigenvalue weighted by atomic mass is 10.1. The van der Waals surface area contributed by atoms with Gasteiger partial charge in [0.15, 0.2) is 5.78 Å². The van der Waals surface area contributed by atoms with Gasteiger partial charge in [0.05, 0.1) is 13.2 Å². The number of benzene rings is 1. The van der Waals surface area contributed by atoms with E-state index in [1.165, 1.54) is 12.8 Å². The minimum absolute atomic E-state index is 0.125. The van der Waals surface area contributed by atoms with Crippen LogP contribution >= 0.6 is 11.6 Å². The molecule has 98 valence electrons. The molecule has 0 amide bonds. The van der Waals surface area contributed by atoms with Gasteiger partial charge in [-0.05, 0) is 25.0 Å². The zero-order chi connectivity index (χ0) is 13.0. The summed E-state index contributed by atoms with van der Waals surface area (Å²) >= 11 is 5.90. The van der Waals surface area contributed by atoms with E-state index in [0.29, 0.717) is 29.8 Å². The molecule has 4 heteroatoms. The van der Waals surface area contributed by atoms with Crippen LogP contribution in [-0.2, 0) is 4.74 Å². The maximum atomic E-state index is 12.2. The Morgan fingerprint density at radius 1 is 1.50 bits per heavy atom. The van der Waals surface area contributed by atoms with Crippen molar-refractivity contribution < 1.29 is 9.53 Å². The van der Waals surface area contributed by atoms with Crippen LogP contribution in [0.4, 0.5) is 0 Å². The van der Waals surface area contributed by atoms with Crippen molar-refractivity contribution in [3.63, 3.8) is 0 Å². The lowest BCUT2D eigenvalue weighted by Crippen LogP contribution is -2.34. The number of ketones is 1. The molecule has 0 spiro atoms. The SMILES string of the molecule is COCCN(CC(=O)c1cccc(Cl)c1)C1CC1. The Kier molecular flexibility index (Phi) is 4.75. The first-order valence-electron chi connectivity index (χ1n) is 6.22. The summed E-state index contributed by atoms with van der Waals surface area (Å²) in [5.74, 6) is 0.125. The summed E-state index contributed by atoms with van der Waals surface area (Å²) in [6.07, 6.45) is 2.37. The van der Waals surface area contributed by atoms with Gasteiger partial charge < -0.3 is 4.74 Å². The molecule has 0 atom stereocenters. The van der Waals surface area contributed by atoms with Gasteiger partial charge in [-0.1, -0.05) is 23.7 Å². The second kappa shape index (κ2) is 6.32. The van der Waals surface area contributed by atoms with Gasteiger partial charge in [-0.15, -0.1) is 0 Å². The maximum Gasteiger partial charge on any atom is 0.176 e. The first-order valence-corrected chi connectivity index (χ1v) is 6.60. The number of Topliss-reactive ketones (excluding diaryl/α,β-unsaturated/α-hetero) is 1. The molecule has 1 aromatic carbocycles. The molecule has 3 nitrogen and oxygen atoms in total. The number of nitrogens with zero attached hydrogens (tertiary/aromatic N) is 1. The Morgan fingerprint density at radius 2 is 2.28 bits per heavy atom. The van der Waals surface area contributed by atoms with Crippen LogP contribution in [0, 0.1) is 0 Å². The van der Waals surface area contributed by atoms with E-state index >= 15 is 0 Å². The highest BCUT2D eigenvalue weighted by Gasteiger charge is 2.30. The van der Waals surface area contributed by atoms with Crippen molar-refractivity contribution in [2.45, 2.75) is 18.9 Å². The van der Waals surface area contributed by atoms with Gasteiger partial charge in [0.2, 0.25) is 0 Å². The molecule has 1 aliphatic rings. The van der Waals surface area contributed by atoms with Crippen molar-refractivity contribution in [2.75, 3.05) is 26.8 Å². The molecule has 0 bridgehead atoms. The van der Waals surface area contributed by atoms with Gasteiger partial charge in [0.25, 0.3) is 0 Å². The number of rotatable bonds is 7. The van der Waals surface area contributed by atoms with Crippen molar-refractivity contribution in [2.24, 2.45) is 0 Å². The average molecular weight is 268 g/mol. The average Bonchev–Trinajstić information content (AvgIpc) is 3.18. The number of carbonyl (C=O) groups excluding carboxylic acids is 1. The van der Waals surface area contributed by atoms with Crippen LogP contribution in [0.25, 0.3) is 0 Å². The first kappa shape index (κ1) is 13.5. The van der Waals surface area contributed by atoms with Gasteiger partial charge in [0.1, 0.15) is 0 Å². The second-order valence-electron chi connectivity index (χ2n) is 4.63. The molecule has 0 unspecified atom stereocenters. The molecule has 18 heavy (non-hydrogen) atoms. The molecular formula is C14H18ClNO2. The minimum Gasteiger partial charge on any atom is -0.383 e. The third-order valence-corrected chi connectivity index (χ3v) is 3.37. The fraction of sp³-hybridized carbons (Fsp3) is 0.500. The third kappa shape index (κ3) is 3.80. The van der Waals surface area contributed by atoms with E-state index in [0.717, 1.165) is 6.54 Å². The normalized spacial score (nSPS) is 15.1. The van der Waals surface area contributed by atoms with Crippen LogP contribution in [0.2, 0.25) is 5.02 Å². The molecule has 0 N–H and O–H groups in total. The Labute approximate surface area is 113 Å². The predicted molar refractivity (Wildman–Crippen MR) is 72.3 cm³/mol. The van der Waals surface area contributed by atoms with Gasteiger partial charge in [-0.2, -0.15) is 0 Å². The van der Waals surface area contributed by atoms with Crippen molar-refractivity contribution in [1.29, 1.82) is 0 Å². The summed E-state index contributed by atoms with van der Waals surface area (Å²) in [4.78, 5) is 14.4. The van der Waals surface area contributed by atoms with E-state index in [-0.39, 0.29) is 5.78 Å². The topological polar surface area (TPSA) is 29.5 Å². The van der Waals surface area contributed by atoms with Gasteiger partial charge in [-0.25, -0.2) is 0 Å². The monoisotopic (exact) mass is 267 g/mol. The number of halogens is 1. The van der Waals surface area contributed by atoms with Crippen LogP contribution in [0.15, 0.2) is 24.3 Å². The summed E-state index contributed by atoms with van der Waals surface area (Å²) in [7, 11) is 1.68. The van der Waals surface area contributed by atoms with E-state index in [4.69, 9.17) is 16.3 Å². The fourth-order valence-electron chi connectivity index (χ4n) is 1.98. The van der Waals surface area contributed by atoms with Gasteiger partial charge >= 0.3 is 0 Å². The smallest absolute Gasteiger partial charge is 0.176 e. The Morgan fingerprint density at radius 3 is 2.89 bits per heavy atom. The number of hydrogen-bond donors (Lipinski definition) is 0. The van der Waals surface area contributed by atoms with Crippen LogP contribution in [-0.4, -0.2) is 43.5 Å². The number of methoxy groups -OCH3 is 1.